The minimum absolute atomic E-state index is 0.133. The van der Waals surface area contributed by atoms with E-state index in [9.17, 15) is 46.2 Å². The number of anilines is 1. The van der Waals surface area contributed by atoms with Gasteiger partial charge in [0.05, 0.1) is 22.9 Å². The summed E-state index contributed by atoms with van der Waals surface area (Å²) in [7, 11) is 1.48. The van der Waals surface area contributed by atoms with Gasteiger partial charge in [0.2, 0.25) is 0 Å². The van der Waals surface area contributed by atoms with E-state index in [1.807, 2.05) is 5.32 Å². The summed E-state index contributed by atoms with van der Waals surface area (Å²) in [6.45, 7) is 5.13. The molecule has 1 aromatic rings. The van der Waals surface area contributed by atoms with Crippen LogP contribution in [0.15, 0.2) is 12.1 Å². The average molecular weight is 637 g/mol. The molecule has 44 heavy (non-hydrogen) atoms. The summed E-state index contributed by atoms with van der Waals surface area (Å²) in [4.78, 5) is 54.0. The molecule has 0 aliphatic carbocycles. The van der Waals surface area contributed by atoms with Crippen LogP contribution in [0.5, 0.6) is 5.75 Å². The Hall–Kier alpha value is -3.69. The molecule has 2 atom stereocenters. The Bertz CT molecular complexity index is 1260. The summed E-state index contributed by atoms with van der Waals surface area (Å²) in [6.07, 6.45) is -8.50. The van der Waals surface area contributed by atoms with Gasteiger partial charge in [-0.2, -0.15) is 22.0 Å². The van der Waals surface area contributed by atoms with Gasteiger partial charge in [-0.1, -0.05) is 0 Å². The first-order valence-corrected chi connectivity index (χ1v) is 14.0. The van der Waals surface area contributed by atoms with Crippen molar-refractivity contribution in [1.29, 1.82) is 0 Å². The summed E-state index contributed by atoms with van der Waals surface area (Å²) in [6, 6.07) is -0.310. The van der Waals surface area contributed by atoms with Crippen molar-refractivity contribution in [3.05, 3.63) is 23.3 Å². The van der Waals surface area contributed by atoms with E-state index in [0.717, 1.165) is 15.9 Å². The number of alkyl halides is 5. The molecule has 1 saturated heterocycles. The number of halogens is 5. The maximum Gasteiger partial charge on any atom is 0.417 e. The first kappa shape index (κ1) is 34.8. The van der Waals surface area contributed by atoms with Crippen molar-refractivity contribution in [3.63, 3.8) is 0 Å². The monoisotopic (exact) mass is 636 g/mol. The molecule has 16 heteroatoms. The second-order valence-electron chi connectivity index (χ2n) is 11.4. The van der Waals surface area contributed by atoms with E-state index in [4.69, 9.17) is 9.47 Å². The molecule has 2 heterocycles. The van der Waals surface area contributed by atoms with Crippen molar-refractivity contribution in [2.24, 2.45) is 0 Å². The zero-order chi connectivity index (χ0) is 33.1. The van der Waals surface area contributed by atoms with Crippen LogP contribution in [0.4, 0.5) is 32.4 Å². The number of rotatable bonds is 10. The van der Waals surface area contributed by atoms with Crippen molar-refractivity contribution in [3.8, 4) is 5.75 Å². The van der Waals surface area contributed by atoms with Crippen LogP contribution >= 0.6 is 0 Å². The van der Waals surface area contributed by atoms with E-state index in [1.165, 1.54) is 25.9 Å². The standard InChI is InChI=1S/C28H37F5N4O7/c1-15(2)37(17-7-6-16(8-11-43-5)36(14-17)26(41)42)24(39)18-12-20-21(13-19(18)28(31,32)33)44-27(3,4)25(40)35(20)10-9-34-23(38)22(29)30/h12-13,15-17,22H,6-11,14H2,1-5H3,(H,34,38)(H,41,42)/t16-,17+/m0/s1. The highest BCUT2D eigenvalue weighted by Crippen LogP contribution is 2.44. The van der Waals surface area contributed by atoms with E-state index in [2.05, 4.69) is 0 Å². The summed E-state index contributed by atoms with van der Waals surface area (Å²) in [5.74, 6) is -3.73. The van der Waals surface area contributed by atoms with Gasteiger partial charge in [-0.15, -0.1) is 0 Å². The number of fused-ring (bicyclic) bond motifs is 1. The normalized spacial score (nSPS) is 20.0. The van der Waals surface area contributed by atoms with E-state index in [-0.39, 0.29) is 18.0 Å². The number of methoxy groups -OCH3 is 1. The second-order valence-corrected chi connectivity index (χ2v) is 11.4. The number of nitrogens with zero attached hydrogens (tertiary/aromatic N) is 3. The largest absolute Gasteiger partial charge is 0.476 e. The number of carbonyl (C=O) groups is 4. The molecule has 0 aromatic heterocycles. The van der Waals surface area contributed by atoms with Crippen LogP contribution in [0.2, 0.25) is 0 Å². The molecular weight excluding hydrogens is 599 g/mol. The van der Waals surface area contributed by atoms with Gasteiger partial charge >= 0.3 is 18.7 Å². The molecule has 0 unspecified atom stereocenters. The van der Waals surface area contributed by atoms with Gasteiger partial charge in [-0.3, -0.25) is 14.4 Å². The molecule has 4 amide bonds. The Morgan fingerprint density at radius 2 is 1.86 bits per heavy atom. The molecule has 2 aliphatic rings. The minimum Gasteiger partial charge on any atom is -0.476 e. The molecule has 246 valence electrons. The van der Waals surface area contributed by atoms with E-state index in [0.29, 0.717) is 31.9 Å². The lowest BCUT2D eigenvalue weighted by molar-refractivity contribution is -0.138. The van der Waals surface area contributed by atoms with Crippen LogP contribution < -0.4 is 15.0 Å². The number of carbonyl (C=O) groups excluding carboxylic acids is 3. The second kappa shape index (κ2) is 13.5. The third-order valence-corrected chi connectivity index (χ3v) is 7.65. The van der Waals surface area contributed by atoms with Crippen LogP contribution in [0, 0.1) is 0 Å². The number of hydrogen-bond donors (Lipinski definition) is 2. The smallest absolute Gasteiger partial charge is 0.417 e. The Kier molecular flexibility index (Phi) is 10.7. The van der Waals surface area contributed by atoms with E-state index in [1.54, 1.807) is 13.8 Å². The van der Waals surface area contributed by atoms with E-state index < -0.39 is 84.4 Å². The van der Waals surface area contributed by atoms with Crippen molar-refractivity contribution in [1.82, 2.24) is 15.1 Å². The highest BCUT2D eigenvalue weighted by Gasteiger charge is 2.46. The molecule has 2 N–H and O–H groups in total. The zero-order valence-electron chi connectivity index (χ0n) is 25.0. The Morgan fingerprint density at radius 3 is 2.41 bits per heavy atom. The van der Waals surface area contributed by atoms with Crippen LogP contribution in [0.25, 0.3) is 0 Å². The Balaban J connectivity index is 2.06. The van der Waals surface area contributed by atoms with Crippen molar-refractivity contribution in [2.75, 3.05) is 38.3 Å². The number of likely N-dealkylation sites (tertiary alicyclic amines) is 1. The predicted octanol–water partition coefficient (Wildman–Crippen LogP) is 3.99. The molecule has 0 radical (unpaired) electrons. The van der Waals surface area contributed by atoms with E-state index >= 15 is 0 Å². The zero-order valence-corrected chi connectivity index (χ0v) is 25.0. The molecule has 3 rings (SSSR count). The molecule has 11 nitrogen and oxygen atoms in total. The lowest BCUT2D eigenvalue weighted by Crippen LogP contribution is -2.57. The highest BCUT2D eigenvalue weighted by atomic mass is 19.4. The van der Waals surface area contributed by atoms with Gasteiger partial charge in [0.25, 0.3) is 17.7 Å². The van der Waals surface area contributed by atoms with Gasteiger partial charge in [-0.25, -0.2) is 4.79 Å². The first-order valence-electron chi connectivity index (χ1n) is 14.0. The first-order chi connectivity index (χ1) is 20.4. The Labute approximate surface area is 251 Å². The number of piperidine rings is 1. The summed E-state index contributed by atoms with van der Waals surface area (Å²) in [5.41, 5.74) is -3.99. The summed E-state index contributed by atoms with van der Waals surface area (Å²) in [5, 5.41) is 11.8. The predicted molar refractivity (Wildman–Crippen MR) is 147 cm³/mol. The summed E-state index contributed by atoms with van der Waals surface area (Å²) < 4.78 is 79.3. The molecule has 2 aliphatic heterocycles. The molecule has 0 bridgehead atoms. The van der Waals surface area contributed by atoms with Gasteiger partial charge in [0.15, 0.2) is 5.60 Å². The number of hydrogen-bond acceptors (Lipinski definition) is 6. The average Bonchev–Trinajstić information content (AvgIpc) is 2.92. The molecule has 1 aromatic carbocycles. The van der Waals surface area contributed by atoms with Gasteiger partial charge in [0, 0.05) is 45.4 Å². The molecule has 1 fully saturated rings. The quantitative estimate of drug-likeness (QED) is 0.372. The highest BCUT2D eigenvalue weighted by molar-refractivity contribution is 6.05. The lowest BCUT2D eigenvalue weighted by atomic mass is 9.93. The fraction of sp³-hybridized carbons (Fsp3) is 0.643. The van der Waals surface area contributed by atoms with Crippen molar-refractivity contribution in [2.45, 2.75) is 83.3 Å². The fourth-order valence-electron chi connectivity index (χ4n) is 5.60. The third-order valence-electron chi connectivity index (χ3n) is 7.65. The molecule has 0 saturated carbocycles. The van der Waals surface area contributed by atoms with Gasteiger partial charge < -0.3 is 34.6 Å². The number of benzene rings is 1. The van der Waals surface area contributed by atoms with Crippen molar-refractivity contribution >= 4 is 29.5 Å². The number of amides is 4. The van der Waals surface area contributed by atoms with Crippen molar-refractivity contribution < 1.29 is 55.7 Å². The Morgan fingerprint density at radius 1 is 1.20 bits per heavy atom. The molecular formula is C28H37F5N4O7. The minimum atomic E-state index is -5.03. The summed E-state index contributed by atoms with van der Waals surface area (Å²) >= 11 is 0. The maximum absolute atomic E-state index is 14.4. The van der Waals surface area contributed by atoms with Crippen LogP contribution in [0.1, 0.15) is 62.9 Å². The van der Waals surface area contributed by atoms with Crippen LogP contribution in [-0.2, 0) is 20.5 Å². The number of carboxylic acid groups (broad SMARTS) is 1. The third kappa shape index (κ3) is 7.50. The number of ether oxygens (including phenoxy) is 2. The van der Waals surface area contributed by atoms with Gasteiger partial charge in [-0.05, 0) is 59.1 Å². The molecule has 0 spiro atoms. The van der Waals surface area contributed by atoms with Crippen LogP contribution in [-0.4, -0.2) is 102 Å². The topological polar surface area (TPSA) is 129 Å². The SMILES string of the molecule is COCC[C@@H]1CC[C@@H](N(C(=O)c2cc3c(cc2C(F)(F)F)OC(C)(C)C(=O)N3CCNC(=O)C(F)F)C(C)C)CN1C(=O)O. The fourth-order valence-corrected chi connectivity index (χ4v) is 5.60. The lowest BCUT2D eigenvalue weighted by Gasteiger charge is -2.44. The maximum atomic E-state index is 14.4. The van der Waals surface area contributed by atoms with Gasteiger partial charge in [0.1, 0.15) is 5.75 Å². The van der Waals surface area contributed by atoms with Crippen LogP contribution in [0.3, 0.4) is 0 Å². The number of nitrogens with one attached hydrogen (secondary N) is 1.